The average Bonchev–Trinajstić information content (AvgIpc) is 3.14. The van der Waals surface area contributed by atoms with Crippen molar-refractivity contribution in [2.75, 3.05) is 11.5 Å². The van der Waals surface area contributed by atoms with E-state index in [1.54, 1.807) is 30.3 Å². The maximum Gasteiger partial charge on any atom is 0.573 e. The van der Waals surface area contributed by atoms with Crippen molar-refractivity contribution in [3.05, 3.63) is 89.3 Å². The van der Waals surface area contributed by atoms with E-state index in [0.717, 1.165) is 22.6 Å². The molecule has 1 atom stereocenters. The van der Waals surface area contributed by atoms with Crippen LogP contribution in [-0.4, -0.2) is 34.8 Å². The highest BCUT2D eigenvalue weighted by Gasteiger charge is 2.47. The van der Waals surface area contributed by atoms with Crippen molar-refractivity contribution in [2.45, 2.75) is 39.1 Å². The first-order chi connectivity index (χ1) is 18.0. The summed E-state index contributed by atoms with van der Waals surface area (Å²) in [6, 6.07) is 11.7. The molecule has 0 aliphatic carbocycles. The molecule has 1 amide bonds. The van der Waals surface area contributed by atoms with Gasteiger partial charge in [0, 0.05) is 29.7 Å². The van der Waals surface area contributed by atoms with Crippen molar-refractivity contribution in [2.24, 2.45) is 0 Å². The Morgan fingerprint density at radius 1 is 1.11 bits per heavy atom. The molecule has 0 spiro atoms. The number of benzene rings is 2. The fraction of sp³-hybridized carbons (Fsp3) is 0.250. The van der Waals surface area contributed by atoms with Crippen LogP contribution in [0, 0.1) is 0 Å². The number of carbonyl (C=O) groups excluding carboxylic acids is 2. The second-order valence-electron chi connectivity index (χ2n) is 8.84. The number of ether oxygens (including phenoxy) is 2. The van der Waals surface area contributed by atoms with Gasteiger partial charge in [-0.05, 0) is 60.4 Å². The minimum absolute atomic E-state index is 0.0173. The smallest absolute Gasteiger partial charge is 0.507 e. The molecule has 1 N–H and O–H groups in total. The van der Waals surface area contributed by atoms with Crippen LogP contribution in [0.5, 0.6) is 11.5 Å². The van der Waals surface area contributed by atoms with E-state index in [9.17, 15) is 27.9 Å². The van der Waals surface area contributed by atoms with Gasteiger partial charge in [-0.2, -0.15) is 0 Å². The van der Waals surface area contributed by atoms with E-state index in [-0.39, 0.29) is 22.7 Å². The van der Waals surface area contributed by atoms with Crippen LogP contribution in [0.3, 0.4) is 0 Å². The topological polar surface area (TPSA) is 89.0 Å². The summed E-state index contributed by atoms with van der Waals surface area (Å²) < 4.78 is 48.2. The van der Waals surface area contributed by atoms with Gasteiger partial charge in [0.25, 0.3) is 11.7 Å². The number of nitrogens with zero attached hydrogens (tertiary/aromatic N) is 2. The molecule has 1 saturated heterocycles. The van der Waals surface area contributed by atoms with Crippen molar-refractivity contribution in [1.29, 1.82) is 0 Å². The number of aliphatic hydroxyl groups excluding tert-OH is 1. The third-order valence-corrected chi connectivity index (χ3v) is 5.98. The van der Waals surface area contributed by atoms with Crippen molar-refractivity contribution >= 4 is 23.1 Å². The lowest BCUT2D eigenvalue weighted by Gasteiger charge is -2.25. The summed E-state index contributed by atoms with van der Waals surface area (Å²) in [6.45, 7) is 6.19. The van der Waals surface area contributed by atoms with Gasteiger partial charge in [0.05, 0.1) is 18.2 Å². The third kappa shape index (κ3) is 5.34. The summed E-state index contributed by atoms with van der Waals surface area (Å²) in [5, 5.41) is 11.4. The number of anilines is 1. The zero-order valence-electron chi connectivity index (χ0n) is 20.8. The number of amides is 1. The Morgan fingerprint density at radius 2 is 1.87 bits per heavy atom. The molecule has 0 bridgehead atoms. The normalized spacial score (nSPS) is 17.2. The minimum Gasteiger partial charge on any atom is -0.507 e. The van der Waals surface area contributed by atoms with Crippen LogP contribution < -0.4 is 14.4 Å². The SMILES string of the molecule is CCOc1ccc(/C(O)=C2/C(=O)C(=O)N(c3cccc(OC(F)(F)F)c3)C2c2cccnc2)cc1C(C)C. The zero-order valence-corrected chi connectivity index (χ0v) is 20.8. The van der Waals surface area contributed by atoms with E-state index >= 15 is 0 Å². The van der Waals surface area contributed by atoms with E-state index in [0.29, 0.717) is 17.9 Å². The number of ketones is 1. The maximum atomic E-state index is 13.3. The lowest BCUT2D eigenvalue weighted by Crippen LogP contribution is -2.29. The zero-order chi connectivity index (χ0) is 27.6. The molecule has 0 saturated carbocycles. The first-order valence-corrected chi connectivity index (χ1v) is 11.9. The summed E-state index contributed by atoms with van der Waals surface area (Å²) in [6.07, 6.45) is -2.03. The largest absolute Gasteiger partial charge is 0.573 e. The summed E-state index contributed by atoms with van der Waals surface area (Å²) in [5.41, 5.74) is 1.23. The summed E-state index contributed by atoms with van der Waals surface area (Å²) in [4.78, 5) is 31.7. The van der Waals surface area contributed by atoms with Gasteiger partial charge in [0.2, 0.25) is 0 Å². The van der Waals surface area contributed by atoms with Crippen LogP contribution in [0.2, 0.25) is 0 Å². The van der Waals surface area contributed by atoms with Crippen molar-refractivity contribution in [1.82, 2.24) is 4.98 Å². The average molecular weight is 527 g/mol. The fourth-order valence-electron chi connectivity index (χ4n) is 4.37. The van der Waals surface area contributed by atoms with Crippen LogP contribution in [0.15, 0.2) is 72.6 Å². The monoisotopic (exact) mass is 526 g/mol. The lowest BCUT2D eigenvalue weighted by molar-refractivity contribution is -0.274. The Balaban J connectivity index is 1.89. The summed E-state index contributed by atoms with van der Waals surface area (Å²) in [7, 11) is 0. The van der Waals surface area contributed by atoms with Crippen molar-refractivity contribution < 1.29 is 37.3 Å². The van der Waals surface area contributed by atoms with Crippen molar-refractivity contribution in [3.8, 4) is 11.5 Å². The van der Waals surface area contributed by atoms with E-state index < -0.39 is 35.6 Å². The number of carbonyl (C=O) groups is 2. The highest BCUT2D eigenvalue weighted by molar-refractivity contribution is 6.51. The molecule has 4 rings (SSSR count). The van der Waals surface area contributed by atoms with E-state index in [1.165, 1.54) is 24.5 Å². The number of hydrogen-bond donors (Lipinski definition) is 1. The first-order valence-electron chi connectivity index (χ1n) is 11.9. The molecule has 198 valence electrons. The molecule has 3 aromatic rings. The molecule has 1 aliphatic heterocycles. The van der Waals surface area contributed by atoms with Gasteiger partial charge in [-0.15, -0.1) is 13.2 Å². The number of aliphatic hydroxyl groups is 1. The number of hydrogen-bond acceptors (Lipinski definition) is 6. The maximum absolute atomic E-state index is 13.3. The Bertz CT molecular complexity index is 1390. The van der Waals surface area contributed by atoms with Gasteiger partial charge in [0.15, 0.2) is 0 Å². The van der Waals surface area contributed by atoms with Gasteiger partial charge in [-0.1, -0.05) is 26.0 Å². The van der Waals surface area contributed by atoms with Crippen LogP contribution in [-0.2, 0) is 9.59 Å². The number of aromatic nitrogens is 1. The van der Waals surface area contributed by atoms with Crippen LogP contribution in [0.1, 0.15) is 49.4 Å². The molecular weight excluding hydrogens is 501 g/mol. The van der Waals surface area contributed by atoms with Gasteiger partial charge >= 0.3 is 6.36 Å². The van der Waals surface area contributed by atoms with Gasteiger partial charge in [0.1, 0.15) is 17.3 Å². The first kappa shape index (κ1) is 26.7. The molecule has 2 aromatic carbocycles. The highest BCUT2D eigenvalue weighted by atomic mass is 19.4. The summed E-state index contributed by atoms with van der Waals surface area (Å²) in [5.74, 6) is -2.33. The second kappa shape index (κ2) is 10.6. The standard InChI is InChI=1S/C28H25F3N2O5/c1-4-37-22-11-10-17(13-21(22)16(2)3)25(34)23-24(18-7-6-12-32-15-18)33(27(36)26(23)35)19-8-5-9-20(14-19)38-28(29,30)31/h5-16,24,34H,4H2,1-3H3/b25-23-. The second-order valence-corrected chi connectivity index (χ2v) is 8.84. The van der Waals surface area contributed by atoms with Crippen LogP contribution in [0.4, 0.5) is 18.9 Å². The number of halogens is 3. The van der Waals surface area contributed by atoms with E-state index in [1.807, 2.05) is 20.8 Å². The highest BCUT2D eigenvalue weighted by Crippen LogP contribution is 2.43. The van der Waals surface area contributed by atoms with E-state index in [4.69, 9.17) is 4.74 Å². The predicted octanol–water partition coefficient (Wildman–Crippen LogP) is 6.13. The third-order valence-electron chi connectivity index (χ3n) is 5.98. The minimum atomic E-state index is -4.95. The number of rotatable bonds is 7. The molecule has 38 heavy (non-hydrogen) atoms. The molecular formula is C28H25F3N2O5. The number of Topliss-reactive ketones (excluding diaryl/α,β-unsaturated/α-hetero) is 1. The van der Waals surface area contributed by atoms with Gasteiger partial charge < -0.3 is 14.6 Å². The molecule has 1 fully saturated rings. The Hall–Kier alpha value is -4.34. The van der Waals surface area contributed by atoms with Crippen LogP contribution in [0.25, 0.3) is 5.76 Å². The molecule has 7 nitrogen and oxygen atoms in total. The number of alkyl halides is 3. The van der Waals surface area contributed by atoms with Crippen LogP contribution >= 0.6 is 0 Å². The molecule has 1 unspecified atom stereocenters. The quantitative estimate of drug-likeness (QED) is 0.226. The van der Waals surface area contributed by atoms with Gasteiger partial charge in [-0.25, -0.2) is 0 Å². The predicted molar refractivity (Wildman–Crippen MR) is 134 cm³/mol. The Kier molecular flexibility index (Phi) is 7.43. The number of pyridine rings is 1. The summed E-state index contributed by atoms with van der Waals surface area (Å²) >= 11 is 0. The molecule has 1 aromatic heterocycles. The molecule has 2 heterocycles. The molecule has 10 heteroatoms. The van der Waals surface area contributed by atoms with E-state index in [2.05, 4.69) is 9.72 Å². The Morgan fingerprint density at radius 3 is 2.50 bits per heavy atom. The van der Waals surface area contributed by atoms with Gasteiger partial charge in [-0.3, -0.25) is 19.5 Å². The molecule has 0 radical (unpaired) electrons. The molecule has 1 aliphatic rings. The lowest BCUT2D eigenvalue weighted by atomic mass is 9.93. The fourth-order valence-corrected chi connectivity index (χ4v) is 4.37. The van der Waals surface area contributed by atoms with Crippen molar-refractivity contribution in [3.63, 3.8) is 0 Å². The Labute approximate surface area is 217 Å².